The van der Waals surface area contributed by atoms with Crippen molar-refractivity contribution in [2.75, 3.05) is 31.1 Å². The van der Waals surface area contributed by atoms with Crippen molar-refractivity contribution < 1.29 is 9.53 Å². The lowest BCUT2D eigenvalue weighted by molar-refractivity contribution is -0.141. The van der Waals surface area contributed by atoms with E-state index in [0.29, 0.717) is 11.8 Å². The van der Waals surface area contributed by atoms with Gasteiger partial charge in [-0.25, -0.2) is 0 Å². The van der Waals surface area contributed by atoms with Gasteiger partial charge in [0, 0.05) is 24.7 Å². The molecule has 1 amide bonds. The summed E-state index contributed by atoms with van der Waals surface area (Å²) >= 11 is 0. The summed E-state index contributed by atoms with van der Waals surface area (Å²) in [5, 5.41) is 0. The molecule has 2 aliphatic heterocycles. The molecule has 3 aliphatic rings. The van der Waals surface area contributed by atoms with Crippen molar-refractivity contribution in [1.82, 2.24) is 4.90 Å². The number of hydrogen-bond donors (Lipinski definition) is 0. The fraction of sp³-hybridized carbons (Fsp3) is 0.588. The summed E-state index contributed by atoms with van der Waals surface area (Å²) in [6.07, 6.45) is 4.93. The minimum Gasteiger partial charge on any atom is -0.487 e. The smallest absolute Gasteiger partial charge is 0.225 e. The summed E-state index contributed by atoms with van der Waals surface area (Å²) in [6, 6.07) is 8.40. The Balaban J connectivity index is 1.28. The predicted octanol–water partition coefficient (Wildman–Crippen LogP) is 2.29. The maximum Gasteiger partial charge on any atom is 0.225 e. The van der Waals surface area contributed by atoms with Gasteiger partial charge in [0.1, 0.15) is 11.9 Å². The van der Waals surface area contributed by atoms with Crippen molar-refractivity contribution in [1.29, 1.82) is 0 Å². The van der Waals surface area contributed by atoms with E-state index in [1.54, 1.807) is 0 Å². The van der Waals surface area contributed by atoms with Gasteiger partial charge in [-0.15, -0.1) is 0 Å². The fourth-order valence-electron chi connectivity index (χ4n) is 3.18. The summed E-state index contributed by atoms with van der Waals surface area (Å²) in [5.74, 6) is 1.58. The molecule has 0 atom stereocenters. The van der Waals surface area contributed by atoms with Crippen molar-refractivity contribution in [3.63, 3.8) is 0 Å². The van der Waals surface area contributed by atoms with Crippen LogP contribution in [0.1, 0.15) is 25.7 Å². The highest BCUT2D eigenvalue weighted by Gasteiger charge is 2.39. The molecule has 4 heteroatoms. The van der Waals surface area contributed by atoms with Crippen molar-refractivity contribution >= 4 is 11.6 Å². The van der Waals surface area contributed by atoms with Crippen LogP contribution in [0.25, 0.3) is 0 Å². The molecule has 1 aliphatic carbocycles. The molecular formula is C17H22N2O2. The third-order valence-corrected chi connectivity index (χ3v) is 4.70. The number of hydrogen-bond acceptors (Lipinski definition) is 3. The lowest BCUT2D eigenvalue weighted by Crippen LogP contribution is -2.56. The Bertz CT molecular complexity index is 512. The number of nitrogens with zero attached hydrogens (tertiary/aromatic N) is 2. The van der Waals surface area contributed by atoms with Crippen LogP contribution in [0.4, 0.5) is 5.69 Å². The molecule has 0 N–H and O–H groups in total. The number of carbonyl (C=O) groups is 1. The number of likely N-dealkylation sites (tertiary alicyclic amines) is 1. The van der Waals surface area contributed by atoms with Crippen LogP contribution in [0.5, 0.6) is 5.75 Å². The Morgan fingerprint density at radius 2 is 1.71 bits per heavy atom. The molecule has 4 rings (SSSR count). The van der Waals surface area contributed by atoms with Gasteiger partial charge in [-0.1, -0.05) is 0 Å². The van der Waals surface area contributed by atoms with E-state index < -0.39 is 0 Å². The van der Waals surface area contributed by atoms with Crippen LogP contribution >= 0.6 is 0 Å². The third kappa shape index (κ3) is 2.71. The zero-order chi connectivity index (χ0) is 14.2. The van der Waals surface area contributed by atoms with E-state index in [1.165, 1.54) is 31.6 Å². The van der Waals surface area contributed by atoms with Crippen LogP contribution < -0.4 is 9.64 Å². The van der Waals surface area contributed by atoms with Gasteiger partial charge in [0.15, 0.2) is 0 Å². The van der Waals surface area contributed by atoms with Gasteiger partial charge < -0.3 is 14.5 Å². The van der Waals surface area contributed by atoms with Crippen LogP contribution in [-0.4, -0.2) is 43.1 Å². The molecule has 4 nitrogen and oxygen atoms in total. The van der Waals surface area contributed by atoms with Crippen LogP contribution in [0, 0.1) is 5.92 Å². The molecule has 1 aromatic carbocycles. The van der Waals surface area contributed by atoms with Gasteiger partial charge >= 0.3 is 0 Å². The summed E-state index contributed by atoms with van der Waals surface area (Å²) in [7, 11) is 0. The first-order chi connectivity index (χ1) is 10.3. The molecule has 0 bridgehead atoms. The van der Waals surface area contributed by atoms with Crippen LogP contribution in [-0.2, 0) is 4.79 Å². The predicted molar refractivity (Wildman–Crippen MR) is 81.6 cm³/mol. The summed E-state index contributed by atoms with van der Waals surface area (Å²) in [6.45, 7) is 3.84. The minimum atomic E-state index is 0.172. The van der Waals surface area contributed by atoms with Gasteiger partial charge in [-0.2, -0.15) is 0 Å². The van der Waals surface area contributed by atoms with E-state index in [-0.39, 0.29) is 6.10 Å². The second kappa shape index (κ2) is 5.24. The molecule has 0 spiro atoms. The van der Waals surface area contributed by atoms with E-state index in [4.69, 9.17) is 4.74 Å². The topological polar surface area (TPSA) is 32.8 Å². The maximum absolute atomic E-state index is 11.8. The summed E-state index contributed by atoms with van der Waals surface area (Å²) < 4.78 is 5.94. The highest BCUT2D eigenvalue weighted by atomic mass is 16.5. The summed E-state index contributed by atoms with van der Waals surface area (Å²) in [4.78, 5) is 16.2. The first-order valence-electron chi connectivity index (χ1n) is 8.10. The van der Waals surface area contributed by atoms with Crippen LogP contribution in [0.3, 0.4) is 0 Å². The number of amides is 1. The average molecular weight is 286 g/mol. The number of ether oxygens (including phenoxy) is 1. The summed E-state index contributed by atoms with van der Waals surface area (Å²) in [5.41, 5.74) is 1.29. The molecule has 0 unspecified atom stereocenters. The molecule has 2 heterocycles. The second-order valence-electron chi connectivity index (χ2n) is 6.45. The normalized spacial score (nSPS) is 22.3. The Kier molecular flexibility index (Phi) is 3.24. The first kappa shape index (κ1) is 13.0. The molecule has 21 heavy (non-hydrogen) atoms. The fourth-order valence-corrected chi connectivity index (χ4v) is 3.18. The van der Waals surface area contributed by atoms with Crippen molar-refractivity contribution in [2.24, 2.45) is 5.92 Å². The Labute approximate surface area is 125 Å². The lowest BCUT2D eigenvalue weighted by Gasteiger charge is -2.39. The standard InChI is InChI=1S/C17H22N2O2/c20-17(13-3-4-13)19-11-16(12-19)21-15-7-5-14(6-8-15)18-9-1-2-10-18/h5-8,13,16H,1-4,9-12H2. The molecule has 0 aromatic heterocycles. The molecule has 1 saturated carbocycles. The zero-order valence-corrected chi connectivity index (χ0v) is 12.3. The molecule has 0 radical (unpaired) electrons. The molecular weight excluding hydrogens is 264 g/mol. The monoisotopic (exact) mass is 286 g/mol. The van der Waals surface area contributed by atoms with E-state index in [0.717, 1.165) is 31.7 Å². The highest BCUT2D eigenvalue weighted by Crippen LogP contribution is 2.33. The van der Waals surface area contributed by atoms with Crippen LogP contribution in [0.15, 0.2) is 24.3 Å². The Morgan fingerprint density at radius 1 is 1.05 bits per heavy atom. The van der Waals surface area contributed by atoms with Crippen molar-refractivity contribution in [3.8, 4) is 5.75 Å². The van der Waals surface area contributed by atoms with Crippen molar-refractivity contribution in [2.45, 2.75) is 31.8 Å². The van der Waals surface area contributed by atoms with E-state index in [1.807, 2.05) is 4.90 Å². The lowest BCUT2D eigenvalue weighted by atomic mass is 10.1. The SMILES string of the molecule is O=C(C1CC1)N1CC(Oc2ccc(N3CCCC3)cc2)C1. The third-order valence-electron chi connectivity index (χ3n) is 4.70. The molecule has 2 saturated heterocycles. The molecule has 1 aromatic rings. The first-order valence-corrected chi connectivity index (χ1v) is 8.10. The maximum atomic E-state index is 11.8. The van der Waals surface area contributed by atoms with Gasteiger partial charge in [0.25, 0.3) is 0 Å². The van der Waals surface area contributed by atoms with E-state index >= 15 is 0 Å². The van der Waals surface area contributed by atoms with Crippen molar-refractivity contribution in [3.05, 3.63) is 24.3 Å². The Hall–Kier alpha value is -1.71. The number of rotatable bonds is 4. The Morgan fingerprint density at radius 3 is 2.33 bits per heavy atom. The van der Waals surface area contributed by atoms with Gasteiger partial charge in [-0.3, -0.25) is 4.79 Å². The number of anilines is 1. The van der Waals surface area contributed by atoms with Gasteiger partial charge in [-0.05, 0) is 49.9 Å². The molecule has 112 valence electrons. The highest BCUT2D eigenvalue weighted by molar-refractivity contribution is 5.81. The zero-order valence-electron chi connectivity index (χ0n) is 12.3. The number of benzene rings is 1. The average Bonchev–Trinajstić information content (AvgIpc) is 3.18. The second-order valence-corrected chi connectivity index (χ2v) is 6.45. The largest absolute Gasteiger partial charge is 0.487 e. The van der Waals surface area contributed by atoms with Gasteiger partial charge in [0.2, 0.25) is 5.91 Å². The van der Waals surface area contributed by atoms with Crippen LogP contribution in [0.2, 0.25) is 0 Å². The van der Waals surface area contributed by atoms with E-state index in [2.05, 4.69) is 29.2 Å². The quantitative estimate of drug-likeness (QED) is 0.851. The minimum absolute atomic E-state index is 0.172. The van der Waals surface area contributed by atoms with Gasteiger partial charge in [0.05, 0.1) is 13.1 Å². The molecule has 3 fully saturated rings. The van der Waals surface area contributed by atoms with E-state index in [9.17, 15) is 4.79 Å². The number of carbonyl (C=O) groups excluding carboxylic acids is 1.